The number of hydrogen-bond donors (Lipinski definition) is 0. The van der Waals surface area contributed by atoms with Gasteiger partial charge in [0, 0.05) is 10.0 Å². The van der Waals surface area contributed by atoms with Crippen LogP contribution in [0.1, 0.15) is 5.56 Å². The van der Waals surface area contributed by atoms with E-state index in [1.165, 1.54) is 14.2 Å². The van der Waals surface area contributed by atoms with Gasteiger partial charge in [0.1, 0.15) is 11.5 Å². The molecule has 0 radical (unpaired) electrons. The molecule has 0 aliphatic rings. The summed E-state index contributed by atoms with van der Waals surface area (Å²) in [7, 11) is 4.12. The summed E-state index contributed by atoms with van der Waals surface area (Å²) in [6.07, 6.45) is -0.133. The summed E-state index contributed by atoms with van der Waals surface area (Å²) < 4.78 is 15.5. The lowest BCUT2D eigenvalue weighted by atomic mass is 10.1. The van der Waals surface area contributed by atoms with Crippen molar-refractivity contribution in [1.29, 1.82) is 0 Å². The number of hydrogen-bond acceptors (Lipinski definition) is 5. The third kappa shape index (κ3) is 3.22. The molecule has 0 saturated carbocycles. The molecule has 0 aliphatic carbocycles. The van der Waals surface area contributed by atoms with Gasteiger partial charge in [0.05, 0.1) is 27.8 Å². The molecule has 18 heavy (non-hydrogen) atoms. The van der Waals surface area contributed by atoms with Gasteiger partial charge in [-0.05, 0) is 12.1 Å². The summed E-state index contributed by atoms with van der Waals surface area (Å²) in [5.41, 5.74) is 0.513. The van der Waals surface area contributed by atoms with Crippen LogP contribution >= 0.6 is 15.9 Å². The third-order valence-electron chi connectivity index (χ3n) is 2.32. The molecule has 0 atom stereocenters. The van der Waals surface area contributed by atoms with Crippen LogP contribution in [0.15, 0.2) is 16.6 Å². The molecule has 0 heterocycles. The summed E-state index contributed by atoms with van der Waals surface area (Å²) in [6.45, 7) is 0. The van der Waals surface area contributed by atoms with Crippen molar-refractivity contribution < 1.29 is 23.8 Å². The third-order valence-corrected chi connectivity index (χ3v) is 2.78. The average molecular weight is 317 g/mol. The number of ketones is 1. The first-order valence-electron chi connectivity index (χ1n) is 5.05. The van der Waals surface area contributed by atoms with Crippen molar-refractivity contribution in [3.8, 4) is 11.5 Å². The van der Waals surface area contributed by atoms with Crippen LogP contribution in [0.25, 0.3) is 0 Å². The van der Waals surface area contributed by atoms with Crippen molar-refractivity contribution in [2.24, 2.45) is 0 Å². The van der Waals surface area contributed by atoms with Crippen LogP contribution in [-0.2, 0) is 20.7 Å². The van der Waals surface area contributed by atoms with Crippen molar-refractivity contribution in [1.82, 2.24) is 0 Å². The minimum Gasteiger partial charge on any atom is -0.496 e. The zero-order chi connectivity index (χ0) is 13.7. The Morgan fingerprint density at radius 1 is 1.11 bits per heavy atom. The number of carbonyl (C=O) groups is 2. The summed E-state index contributed by atoms with van der Waals surface area (Å²) in [6, 6.07) is 3.39. The van der Waals surface area contributed by atoms with Crippen LogP contribution < -0.4 is 9.47 Å². The predicted molar refractivity (Wildman–Crippen MR) is 68.0 cm³/mol. The topological polar surface area (TPSA) is 61.8 Å². The lowest BCUT2D eigenvalue weighted by Crippen LogP contribution is -2.18. The molecule has 0 fully saturated rings. The molecule has 0 aromatic heterocycles. The maximum Gasteiger partial charge on any atom is 0.374 e. The number of ether oxygens (including phenoxy) is 3. The maximum atomic E-state index is 11.6. The standard InChI is InChI=1S/C12H13BrO5/c1-16-10-4-7(13)5-11(17-2)8(10)6-9(14)12(15)18-3/h4-5H,6H2,1-3H3. The van der Waals surface area contributed by atoms with Gasteiger partial charge in [0.25, 0.3) is 0 Å². The normalized spacial score (nSPS) is 9.78. The summed E-state index contributed by atoms with van der Waals surface area (Å²) >= 11 is 3.30. The van der Waals surface area contributed by atoms with Gasteiger partial charge in [-0.2, -0.15) is 0 Å². The summed E-state index contributed by atoms with van der Waals surface area (Å²) in [4.78, 5) is 22.7. The van der Waals surface area contributed by atoms with Crippen LogP contribution in [-0.4, -0.2) is 33.1 Å². The molecule has 0 bridgehead atoms. The van der Waals surface area contributed by atoms with Gasteiger partial charge in [0.2, 0.25) is 5.78 Å². The van der Waals surface area contributed by atoms with Gasteiger partial charge >= 0.3 is 5.97 Å². The zero-order valence-electron chi connectivity index (χ0n) is 10.3. The summed E-state index contributed by atoms with van der Waals surface area (Å²) in [5.74, 6) is -0.601. The molecule has 1 aromatic carbocycles. The molecule has 0 unspecified atom stereocenters. The van der Waals surface area contributed by atoms with Gasteiger partial charge in [0.15, 0.2) is 0 Å². The van der Waals surface area contributed by atoms with E-state index in [0.717, 1.165) is 11.6 Å². The number of rotatable bonds is 5. The fourth-order valence-electron chi connectivity index (χ4n) is 1.47. The van der Waals surface area contributed by atoms with Crippen molar-refractivity contribution in [3.05, 3.63) is 22.2 Å². The van der Waals surface area contributed by atoms with E-state index < -0.39 is 11.8 Å². The molecule has 0 spiro atoms. The highest BCUT2D eigenvalue weighted by atomic mass is 79.9. The molecule has 98 valence electrons. The fraction of sp³-hybridized carbons (Fsp3) is 0.333. The molecule has 0 N–H and O–H groups in total. The average Bonchev–Trinajstić information content (AvgIpc) is 2.38. The number of halogens is 1. The Hall–Kier alpha value is -1.56. The quantitative estimate of drug-likeness (QED) is 0.612. The van der Waals surface area contributed by atoms with E-state index in [-0.39, 0.29) is 6.42 Å². The number of esters is 1. The largest absolute Gasteiger partial charge is 0.496 e. The van der Waals surface area contributed by atoms with Crippen LogP contribution in [0.3, 0.4) is 0 Å². The lowest BCUT2D eigenvalue weighted by Gasteiger charge is -2.12. The molecular formula is C12H13BrO5. The lowest BCUT2D eigenvalue weighted by molar-refractivity contribution is -0.151. The van der Waals surface area contributed by atoms with Crippen LogP contribution in [0, 0.1) is 0 Å². The summed E-state index contributed by atoms with van der Waals surface area (Å²) in [5, 5.41) is 0. The van der Waals surface area contributed by atoms with Crippen LogP contribution in [0.5, 0.6) is 11.5 Å². The number of carbonyl (C=O) groups excluding carboxylic acids is 2. The first kappa shape index (κ1) is 14.5. The highest BCUT2D eigenvalue weighted by molar-refractivity contribution is 9.10. The smallest absolute Gasteiger partial charge is 0.374 e. The second kappa shape index (κ2) is 6.39. The number of Topliss-reactive ketones (excluding diaryl/α,β-unsaturated/α-hetero) is 1. The van der Waals surface area contributed by atoms with E-state index in [1.54, 1.807) is 12.1 Å². The fourth-order valence-corrected chi connectivity index (χ4v) is 1.89. The van der Waals surface area contributed by atoms with Gasteiger partial charge < -0.3 is 14.2 Å². The first-order chi connectivity index (χ1) is 8.53. The van der Waals surface area contributed by atoms with Crippen molar-refractivity contribution in [2.45, 2.75) is 6.42 Å². The van der Waals surface area contributed by atoms with Crippen LogP contribution in [0.4, 0.5) is 0 Å². The van der Waals surface area contributed by atoms with E-state index in [9.17, 15) is 9.59 Å². The van der Waals surface area contributed by atoms with Crippen molar-refractivity contribution in [3.63, 3.8) is 0 Å². The van der Waals surface area contributed by atoms with Crippen LogP contribution in [0.2, 0.25) is 0 Å². The van der Waals surface area contributed by atoms with Gasteiger partial charge in [-0.3, -0.25) is 4.79 Å². The van der Waals surface area contributed by atoms with E-state index in [0.29, 0.717) is 17.1 Å². The minimum atomic E-state index is -0.887. The highest BCUT2D eigenvalue weighted by Gasteiger charge is 2.20. The molecule has 0 saturated heterocycles. The minimum absolute atomic E-state index is 0.133. The molecule has 1 aromatic rings. The van der Waals surface area contributed by atoms with Gasteiger partial charge in [-0.15, -0.1) is 0 Å². The Bertz CT molecular complexity index is 445. The highest BCUT2D eigenvalue weighted by Crippen LogP contribution is 2.33. The van der Waals surface area contributed by atoms with Crippen molar-refractivity contribution >= 4 is 27.7 Å². The van der Waals surface area contributed by atoms with Gasteiger partial charge in [-0.1, -0.05) is 15.9 Å². The predicted octanol–water partition coefficient (Wildman–Crippen LogP) is 1.75. The number of methoxy groups -OCH3 is 3. The second-order valence-electron chi connectivity index (χ2n) is 3.38. The van der Waals surface area contributed by atoms with E-state index in [1.807, 2.05) is 0 Å². The molecule has 0 amide bonds. The van der Waals surface area contributed by atoms with E-state index >= 15 is 0 Å². The second-order valence-corrected chi connectivity index (χ2v) is 4.30. The SMILES string of the molecule is COC(=O)C(=O)Cc1c(OC)cc(Br)cc1OC. The van der Waals surface area contributed by atoms with E-state index in [4.69, 9.17) is 9.47 Å². The maximum absolute atomic E-state index is 11.6. The molecule has 0 aliphatic heterocycles. The Morgan fingerprint density at radius 2 is 1.61 bits per heavy atom. The first-order valence-corrected chi connectivity index (χ1v) is 5.84. The van der Waals surface area contributed by atoms with E-state index in [2.05, 4.69) is 20.7 Å². The van der Waals surface area contributed by atoms with Gasteiger partial charge in [-0.25, -0.2) is 4.79 Å². The zero-order valence-corrected chi connectivity index (χ0v) is 11.9. The van der Waals surface area contributed by atoms with Crippen molar-refractivity contribution in [2.75, 3.05) is 21.3 Å². The Labute approximate surface area is 113 Å². The molecule has 5 nitrogen and oxygen atoms in total. The Balaban J connectivity index is 3.13. The number of benzene rings is 1. The molecule has 1 rings (SSSR count). The molecular weight excluding hydrogens is 304 g/mol. The molecule has 6 heteroatoms. The monoisotopic (exact) mass is 316 g/mol. The Morgan fingerprint density at radius 3 is 2.00 bits per heavy atom. The Kier molecular flexibility index (Phi) is 5.15.